The van der Waals surface area contributed by atoms with E-state index < -0.39 is 23.8 Å². The highest BCUT2D eigenvalue weighted by molar-refractivity contribution is 6.34. The Bertz CT molecular complexity index is 1410. The van der Waals surface area contributed by atoms with Gasteiger partial charge in [0.25, 0.3) is 5.91 Å². The van der Waals surface area contributed by atoms with Gasteiger partial charge in [0.15, 0.2) is 0 Å². The van der Waals surface area contributed by atoms with Crippen molar-refractivity contribution in [1.29, 1.82) is 0 Å². The number of rotatable bonds is 12. The lowest BCUT2D eigenvalue weighted by Gasteiger charge is -2.35. The maximum Gasteiger partial charge on any atom is 0.408 e. The lowest BCUT2D eigenvalue weighted by atomic mass is 9.97. The van der Waals surface area contributed by atoms with Gasteiger partial charge in [0.1, 0.15) is 17.7 Å². The highest BCUT2D eigenvalue weighted by Gasteiger charge is 2.36. The standard InChI is InChI=1S/C36H46ClN3O4/c1-8-9-13-21-40(34(42)30(23-27-16-11-10-12-17-27)38-35(43)44-36(5,6)7)32(28-20-19-24(2)26(4)22-28)33(41)39-31-25(3)15-14-18-29(31)37/h10-12,14-20,22,30,32H,8-9,13,21,23H2,1-7H3,(H,38,43)(H,39,41). The fraction of sp³-hybridized carbons (Fsp3) is 0.417. The van der Waals surface area contributed by atoms with Gasteiger partial charge in [0, 0.05) is 13.0 Å². The molecule has 3 aromatic rings. The maximum atomic E-state index is 14.7. The van der Waals surface area contributed by atoms with Gasteiger partial charge in [-0.25, -0.2) is 4.79 Å². The minimum absolute atomic E-state index is 0.230. The third kappa shape index (κ3) is 9.84. The topological polar surface area (TPSA) is 87.7 Å². The molecule has 236 valence electrons. The van der Waals surface area contributed by atoms with E-state index in [2.05, 4.69) is 17.6 Å². The van der Waals surface area contributed by atoms with E-state index in [0.29, 0.717) is 29.2 Å². The molecule has 0 fully saturated rings. The monoisotopic (exact) mass is 619 g/mol. The number of alkyl carbamates (subject to hydrolysis) is 1. The third-order valence-electron chi connectivity index (χ3n) is 7.43. The van der Waals surface area contributed by atoms with Gasteiger partial charge in [0.2, 0.25) is 5.91 Å². The van der Waals surface area contributed by atoms with Gasteiger partial charge in [-0.05, 0) is 81.8 Å². The van der Waals surface area contributed by atoms with Crippen LogP contribution in [0.2, 0.25) is 5.02 Å². The number of carbonyl (C=O) groups excluding carboxylic acids is 3. The first-order valence-electron chi connectivity index (χ1n) is 15.3. The Balaban J connectivity index is 2.12. The predicted octanol–water partition coefficient (Wildman–Crippen LogP) is 8.10. The molecule has 0 spiro atoms. The number of benzene rings is 3. The number of amides is 3. The van der Waals surface area contributed by atoms with Gasteiger partial charge in [-0.1, -0.05) is 92.0 Å². The SMILES string of the molecule is CCCCCN(C(=O)C(Cc1ccccc1)NC(=O)OC(C)(C)C)C(C(=O)Nc1c(C)cccc1Cl)c1ccc(C)c(C)c1. The molecule has 0 aliphatic carbocycles. The summed E-state index contributed by atoms with van der Waals surface area (Å²) in [5.41, 5.74) is 4.18. The summed E-state index contributed by atoms with van der Waals surface area (Å²) in [4.78, 5) is 43.6. The molecule has 0 aliphatic heterocycles. The number of halogens is 1. The average Bonchev–Trinajstić information content (AvgIpc) is 2.95. The summed E-state index contributed by atoms with van der Waals surface area (Å²) in [5, 5.41) is 6.25. The second kappa shape index (κ2) is 15.8. The summed E-state index contributed by atoms with van der Waals surface area (Å²) in [6, 6.07) is 18.8. The first-order chi connectivity index (χ1) is 20.8. The van der Waals surface area contributed by atoms with Crippen LogP contribution in [0.3, 0.4) is 0 Å². The summed E-state index contributed by atoms with van der Waals surface area (Å²) in [5.74, 6) is -0.755. The number of hydrogen-bond donors (Lipinski definition) is 2. The zero-order valence-corrected chi connectivity index (χ0v) is 27.8. The molecule has 3 amide bonds. The van der Waals surface area contributed by atoms with Crippen LogP contribution in [-0.2, 0) is 20.7 Å². The van der Waals surface area contributed by atoms with Crippen LogP contribution in [0.4, 0.5) is 10.5 Å². The van der Waals surface area contributed by atoms with Crippen LogP contribution < -0.4 is 10.6 Å². The van der Waals surface area contributed by atoms with E-state index in [4.69, 9.17) is 16.3 Å². The number of aryl methyl sites for hydroxylation is 3. The molecule has 7 nitrogen and oxygen atoms in total. The van der Waals surface area contributed by atoms with Crippen molar-refractivity contribution in [3.63, 3.8) is 0 Å². The van der Waals surface area contributed by atoms with E-state index in [1.807, 2.05) is 81.4 Å². The molecule has 0 saturated heterocycles. The van der Waals surface area contributed by atoms with Crippen molar-refractivity contribution in [2.75, 3.05) is 11.9 Å². The van der Waals surface area contributed by atoms with Gasteiger partial charge >= 0.3 is 6.09 Å². The predicted molar refractivity (Wildman–Crippen MR) is 178 cm³/mol. The fourth-order valence-electron chi connectivity index (χ4n) is 4.99. The van der Waals surface area contributed by atoms with Gasteiger partial charge in [0.05, 0.1) is 10.7 Å². The molecule has 2 atom stereocenters. The minimum Gasteiger partial charge on any atom is -0.444 e. The number of para-hydroxylation sites is 1. The van der Waals surface area contributed by atoms with Crippen molar-refractivity contribution < 1.29 is 19.1 Å². The van der Waals surface area contributed by atoms with Crippen molar-refractivity contribution in [3.05, 3.63) is 99.6 Å². The Morgan fingerprint density at radius 1 is 0.886 bits per heavy atom. The lowest BCUT2D eigenvalue weighted by molar-refractivity contribution is -0.140. The van der Waals surface area contributed by atoms with E-state index in [9.17, 15) is 14.4 Å². The molecular weight excluding hydrogens is 574 g/mol. The Labute approximate surface area is 267 Å². The van der Waals surface area contributed by atoms with Crippen molar-refractivity contribution in [2.45, 2.75) is 91.8 Å². The van der Waals surface area contributed by atoms with Crippen LogP contribution in [0.25, 0.3) is 0 Å². The first-order valence-corrected chi connectivity index (χ1v) is 15.7. The molecule has 2 N–H and O–H groups in total. The van der Waals surface area contributed by atoms with E-state index in [1.165, 1.54) is 0 Å². The Morgan fingerprint density at radius 2 is 1.59 bits per heavy atom. The number of nitrogens with zero attached hydrogens (tertiary/aromatic N) is 1. The Morgan fingerprint density at radius 3 is 2.20 bits per heavy atom. The molecular formula is C36H46ClN3O4. The van der Waals surface area contributed by atoms with Gasteiger partial charge in [-0.2, -0.15) is 0 Å². The quantitative estimate of drug-likeness (QED) is 0.201. The zero-order valence-electron chi connectivity index (χ0n) is 27.0. The number of unbranched alkanes of at least 4 members (excludes halogenated alkanes) is 2. The van der Waals surface area contributed by atoms with Crippen molar-refractivity contribution in [1.82, 2.24) is 10.2 Å². The molecule has 0 saturated carbocycles. The van der Waals surface area contributed by atoms with Gasteiger partial charge in [-0.15, -0.1) is 0 Å². The Hall–Kier alpha value is -3.84. The number of hydrogen-bond acceptors (Lipinski definition) is 4. The summed E-state index contributed by atoms with van der Waals surface area (Å²) in [6.45, 7) is 13.6. The maximum absolute atomic E-state index is 14.7. The zero-order chi connectivity index (χ0) is 32.4. The van der Waals surface area contributed by atoms with Crippen LogP contribution in [0, 0.1) is 20.8 Å². The minimum atomic E-state index is -0.979. The van der Waals surface area contributed by atoms with Crippen LogP contribution in [-0.4, -0.2) is 41.0 Å². The first kappa shape index (κ1) is 34.6. The second-order valence-corrected chi connectivity index (χ2v) is 12.7. The lowest BCUT2D eigenvalue weighted by Crippen LogP contribution is -2.53. The van der Waals surface area contributed by atoms with Crippen molar-refractivity contribution in [2.24, 2.45) is 0 Å². The Kier molecular flexibility index (Phi) is 12.4. The number of carbonyl (C=O) groups is 3. The smallest absolute Gasteiger partial charge is 0.408 e. The molecule has 0 bridgehead atoms. The molecule has 8 heteroatoms. The summed E-state index contributed by atoms with van der Waals surface area (Å²) in [7, 11) is 0. The van der Waals surface area contributed by atoms with E-state index in [1.54, 1.807) is 31.7 Å². The second-order valence-electron chi connectivity index (χ2n) is 12.3. The molecule has 3 aromatic carbocycles. The number of nitrogens with one attached hydrogen (secondary N) is 2. The van der Waals surface area contributed by atoms with Crippen molar-refractivity contribution >= 4 is 35.2 Å². The van der Waals surface area contributed by atoms with Crippen molar-refractivity contribution in [3.8, 4) is 0 Å². The fourth-order valence-corrected chi connectivity index (χ4v) is 5.26. The molecule has 0 aromatic heterocycles. The molecule has 0 aliphatic rings. The largest absolute Gasteiger partial charge is 0.444 e. The van der Waals surface area contributed by atoms with Crippen LogP contribution in [0.1, 0.15) is 80.8 Å². The number of anilines is 1. The van der Waals surface area contributed by atoms with Gasteiger partial charge in [-0.3, -0.25) is 9.59 Å². The average molecular weight is 620 g/mol. The molecule has 2 unspecified atom stereocenters. The van der Waals surface area contributed by atoms with Crippen LogP contribution in [0.15, 0.2) is 66.7 Å². The third-order valence-corrected chi connectivity index (χ3v) is 7.75. The summed E-state index contributed by atoms with van der Waals surface area (Å²) in [6.07, 6.45) is 2.03. The highest BCUT2D eigenvalue weighted by Crippen LogP contribution is 2.30. The number of ether oxygens (including phenoxy) is 1. The summed E-state index contributed by atoms with van der Waals surface area (Å²) < 4.78 is 5.55. The van der Waals surface area contributed by atoms with E-state index in [-0.39, 0.29) is 18.2 Å². The highest BCUT2D eigenvalue weighted by atomic mass is 35.5. The van der Waals surface area contributed by atoms with Gasteiger partial charge < -0.3 is 20.3 Å². The van der Waals surface area contributed by atoms with E-state index in [0.717, 1.165) is 35.1 Å². The molecule has 0 radical (unpaired) electrons. The summed E-state index contributed by atoms with van der Waals surface area (Å²) >= 11 is 6.51. The normalized spacial score (nSPS) is 12.6. The molecule has 0 heterocycles. The van der Waals surface area contributed by atoms with E-state index >= 15 is 0 Å². The van der Waals surface area contributed by atoms with Crippen LogP contribution in [0.5, 0.6) is 0 Å². The molecule has 3 rings (SSSR count). The van der Waals surface area contributed by atoms with Crippen LogP contribution >= 0.6 is 11.6 Å². The molecule has 44 heavy (non-hydrogen) atoms.